The van der Waals surface area contributed by atoms with Crippen LogP contribution in [0.1, 0.15) is 0 Å². The van der Waals surface area contributed by atoms with Gasteiger partial charge < -0.3 is 8.98 Å². The van der Waals surface area contributed by atoms with E-state index in [1.54, 1.807) is 0 Å². The molecule has 0 saturated heterocycles. The highest BCUT2D eigenvalue weighted by Crippen LogP contribution is 2.39. The largest absolute Gasteiger partial charge is 0.452 e. The topological polar surface area (TPSA) is 43.9 Å². The van der Waals surface area contributed by atoms with Crippen molar-refractivity contribution in [3.63, 3.8) is 0 Å². The Morgan fingerprint density at radius 1 is 0.400 bits per heavy atom. The van der Waals surface area contributed by atoms with Crippen molar-refractivity contribution in [1.82, 2.24) is 14.5 Å². The predicted molar refractivity (Wildman–Crippen MR) is 205 cm³/mol. The number of hydrogen-bond donors (Lipinski definition) is 0. The molecule has 10 rings (SSSR count). The molecule has 0 amide bonds. The molecule has 0 spiro atoms. The predicted octanol–water partition coefficient (Wildman–Crippen LogP) is 12.1. The van der Waals surface area contributed by atoms with Gasteiger partial charge in [-0.15, -0.1) is 0 Å². The number of aromatic nitrogens is 3. The summed E-state index contributed by atoms with van der Waals surface area (Å²) in [7, 11) is 0. The first kappa shape index (κ1) is 28.3. The van der Waals surface area contributed by atoms with E-state index in [9.17, 15) is 0 Å². The van der Waals surface area contributed by atoms with Crippen LogP contribution in [0.15, 0.2) is 180 Å². The molecule has 10 aromatic rings. The van der Waals surface area contributed by atoms with Gasteiger partial charge in [-0.2, -0.15) is 0 Å². The van der Waals surface area contributed by atoms with E-state index < -0.39 is 0 Å². The third-order valence-corrected chi connectivity index (χ3v) is 9.63. The van der Waals surface area contributed by atoms with Gasteiger partial charge in [0.1, 0.15) is 16.8 Å². The normalized spacial score (nSPS) is 11.6. The fourth-order valence-electron chi connectivity index (χ4n) is 7.19. The van der Waals surface area contributed by atoms with E-state index in [4.69, 9.17) is 14.4 Å². The molecule has 0 aliphatic heterocycles. The van der Waals surface area contributed by atoms with Crippen molar-refractivity contribution < 1.29 is 4.42 Å². The van der Waals surface area contributed by atoms with Gasteiger partial charge in [0, 0.05) is 33.0 Å². The van der Waals surface area contributed by atoms with Gasteiger partial charge in [-0.05, 0) is 64.7 Å². The summed E-state index contributed by atoms with van der Waals surface area (Å²) >= 11 is 0. The Morgan fingerprint density at radius 3 is 1.68 bits per heavy atom. The second kappa shape index (κ2) is 11.4. The Kier molecular flexibility index (Phi) is 6.46. The summed E-state index contributed by atoms with van der Waals surface area (Å²) in [5, 5.41) is 3.47. The highest BCUT2D eigenvalue weighted by Gasteiger charge is 2.19. The highest BCUT2D eigenvalue weighted by molar-refractivity contribution is 6.11. The van der Waals surface area contributed by atoms with Crippen molar-refractivity contribution in [2.45, 2.75) is 0 Å². The van der Waals surface area contributed by atoms with Crippen LogP contribution in [0.3, 0.4) is 0 Å². The molecule has 0 radical (unpaired) electrons. The van der Waals surface area contributed by atoms with E-state index in [0.717, 1.165) is 50.1 Å². The van der Waals surface area contributed by atoms with E-state index in [-0.39, 0.29) is 0 Å². The van der Waals surface area contributed by atoms with Gasteiger partial charge in [0.2, 0.25) is 0 Å². The van der Waals surface area contributed by atoms with Gasteiger partial charge in [-0.3, -0.25) is 0 Å². The number of fused-ring (bicyclic) bond motifs is 6. The van der Waals surface area contributed by atoms with E-state index in [1.165, 1.54) is 32.9 Å². The maximum atomic E-state index is 6.47. The molecular formula is C46H29N3O. The summed E-state index contributed by atoms with van der Waals surface area (Å²) in [6, 6.07) is 61.6. The number of furan rings is 1. The maximum Gasteiger partial charge on any atom is 0.180 e. The average molecular weight is 640 g/mol. The lowest BCUT2D eigenvalue weighted by atomic mass is 9.98. The van der Waals surface area contributed by atoms with Crippen LogP contribution in [0.2, 0.25) is 0 Å². The molecule has 7 aromatic carbocycles. The zero-order valence-corrected chi connectivity index (χ0v) is 27.0. The maximum absolute atomic E-state index is 6.47. The Labute approximate surface area is 288 Å². The minimum absolute atomic E-state index is 0.679. The van der Waals surface area contributed by atoms with Gasteiger partial charge in [0.15, 0.2) is 11.4 Å². The first-order chi connectivity index (χ1) is 24.8. The van der Waals surface area contributed by atoms with Crippen LogP contribution in [0.5, 0.6) is 0 Å². The monoisotopic (exact) mass is 639 g/mol. The molecular weight excluding hydrogens is 611 g/mol. The van der Waals surface area contributed by atoms with Crippen LogP contribution in [-0.2, 0) is 0 Å². The van der Waals surface area contributed by atoms with Gasteiger partial charge in [-0.1, -0.05) is 133 Å². The summed E-state index contributed by atoms with van der Waals surface area (Å²) in [5.41, 5.74) is 13.2. The van der Waals surface area contributed by atoms with E-state index >= 15 is 0 Å². The summed E-state index contributed by atoms with van der Waals surface area (Å²) in [6.45, 7) is 0. The minimum atomic E-state index is 0.679. The first-order valence-corrected chi connectivity index (χ1v) is 16.8. The smallest absolute Gasteiger partial charge is 0.180 e. The van der Waals surface area contributed by atoms with Crippen molar-refractivity contribution in [2.75, 3.05) is 0 Å². The quantitative estimate of drug-likeness (QED) is 0.188. The van der Waals surface area contributed by atoms with Crippen molar-refractivity contribution in [3.05, 3.63) is 176 Å². The summed E-state index contributed by atoms with van der Waals surface area (Å²) in [6.07, 6.45) is 0. The minimum Gasteiger partial charge on any atom is -0.452 e. The lowest BCUT2D eigenvalue weighted by Crippen LogP contribution is -1.93. The van der Waals surface area contributed by atoms with Crippen LogP contribution in [0.4, 0.5) is 0 Å². The Hall–Kier alpha value is -6.78. The van der Waals surface area contributed by atoms with Crippen molar-refractivity contribution in [1.29, 1.82) is 0 Å². The molecule has 0 saturated carbocycles. The van der Waals surface area contributed by atoms with E-state index in [2.05, 4.69) is 126 Å². The SMILES string of the molecule is c1ccc(-c2nc(-c3ccccc3)c3oc4ccc(-c5ccc(-c6ccc7c(c6)c6ccccc6n7-c6ccccc6)cc5)cc4c3n2)cc1. The molecule has 0 atom stereocenters. The van der Waals surface area contributed by atoms with Gasteiger partial charge >= 0.3 is 0 Å². The van der Waals surface area contributed by atoms with E-state index in [1.807, 2.05) is 54.6 Å². The van der Waals surface area contributed by atoms with Gasteiger partial charge in [0.05, 0.1) is 11.0 Å². The van der Waals surface area contributed by atoms with Crippen LogP contribution in [0, 0.1) is 0 Å². The second-order valence-electron chi connectivity index (χ2n) is 12.6. The molecule has 4 heteroatoms. The number of benzene rings is 7. The van der Waals surface area contributed by atoms with Crippen LogP contribution < -0.4 is 0 Å². The summed E-state index contributed by atoms with van der Waals surface area (Å²) in [4.78, 5) is 10.1. The number of nitrogens with zero attached hydrogens (tertiary/aromatic N) is 3. The molecule has 0 unspecified atom stereocenters. The number of para-hydroxylation sites is 2. The third-order valence-electron chi connectivity index (χ3n) is 9.63. The van der Waals surface area contributed by atoms with Crippen LogP contribution in [0.25, 0.3) is 94.5 Å². The zero-order valence-electron chi connectivity index (χ0n) is 27.0. The standard InChI is InChI=1S/C46H29N3O/c1-4-12-32(13-5-1)43-45-44(48-46(47-43)33-14-6-2-7-15-33)39-29-35(25-27-42(39)50-45)31-22-20-30(21-23-31)34-24-26-41-38(28-34)37-18-10-11-19-40(37)49(41)36-16-8-3-9-17-36/h1-29H. The molecule has 234 valence electrons. The Morgan fingerprint density at radius 2 is 0.960 bits per heavy atom. The molecule has 4 nitrogen and oxygen atoms in total. The molecule has 0 aliphatic carbocycles. The Balaban J connectivity index is 1.06. The molecule has 0 fully saturated rings. The molecule has 50 heavy (non-hydrogen) atoms. The second-order valence-corrected chi connectivity index (χ2v) is 12.6. The van der Waals surface area contributed by atoms with Gasteiger partial charge in [-0.25, -0.2) is 9.97 Å². The highest BCUT2D eigenvalue weighted by atomic mass is 16.3. The molecule has 0 bridgehead atoms. The lowest BCUT2D eigenvalue weighted by Gasteiger charge is -2.08. The molecule has 3 heterocycles. The fraction of sp³-hybridized carbons (Fsp3) is 0. The lowest BCUT2D eigenvalue weighted by molar-refractivity contribution is 0.667. The summed E-state index contributed by atoms with van der Waals surface area (Å²) < 4.78 is 8.82. The van der Waals surface area contributed by atoms with Crippen molar-refractivity contribution in [2.24, 2.45) is 0 Å². The van der Waals surface area contributed by atoms with Crippen molar-refractivity contribution >= 4 is 43.9 Å². The average Bonchev–Trinajstić information content (AvgIpc) is 3.73. The number of rotatable bonds is 5. The zero-order chi connectivity index (χ0) is 33.0. The van der Waals surface area contributed by atoms with Crippen LogP contribution >= 0.6 is 0 Å². The molecule has 3 aromatic heterocycles. The molecule has 0 aliphatic rings. The molecule has 0 N–H and O–H groups in total. The first-order valence-electron chi connectivity index (χ1n) is 16.8. The van der Waals surface area contributed by atoms with Crippen LogP contribution in [-0.4, -0.2) is 14.5 Å². The van der Waals surface area contributed by atoms with Gasteiger partial charge in [0.25, 0.3) is 0 Å². The fourth-order valence-corrected chi connectivity index (χ4v) is 7.19. The number of hydrogen-bond acceptors (Lipinski definition) is 3. The van der Waals surface area contributed by atoms with Crippen molar-refractivity contribution in [3.8, 4) is 50.6 Å². The Bertz CT molecular complexity index is 2840. The third kappa shape index (κ3) is 4.61. The van der Waals surface area contributed by atoms with E-state index in [0.29, 0.717) is 11.4 Å². The summed E-state index contributed by atoms with van der Waals surface area (Å²) in [5.74, 6) is 0.679.